The highest BCUT2D eigenvalue weighted by molar-refractivity contribution is 5.97. The zero-order chi connectivity index (χ0) is 24.7. The van der Waals surface area contributed by atoms with E-state index < -0.39 is 23.9 Å². The third-order valence-corrected chi connectivity index (χ3v) is 5.24. The molecule has 0 aliphatic carbocycles. The maximum absolute atomic E-state index is 12.5. The minimum atomic E-state index is -1.31. The molecule has 9 heteroatoms. The molecule has 0 radical (unpaired) electrons. The lowest BCUT2D eigenvalue weighted by Gasteiger charge is -2.23. The summed E-state index contributed by atoms with van der Waals surface area (Å²) in [6.45, 7) is 0.710. The number of carbonyl (C=O) groups excluding carboxylic acids is 1. The van der Waals surface area contributed by atoms with Gasteiger partial charge in [-0.3, -0.25) is 14.4 Å². The summed E-state index contributed by atoms with van der Waals surface area (Å²) in [6.07, 6.45) is 6.53. The number of H-pyrrole nitrogens is 1. The van der Waals surface area contributed by atoms with Gasteiger partial charge in [0.05, 0.1) is 6.54 Å². The normalized spacial score (nSPS) is 11.4. The van der Waals surface area contributed by atoms with Crippen LogP contribution in [0.5, 0.6) is 0 Å². The fourth-order valence-corrected chi connectivity index (χ4v) is 3.49. The second kappa shape index (κ2) is 10.8. The van der Waals surface area contributed by atoms with E-state index in [-0.39, 0.29) is 30.5 Å². The number of aromatic amines is 1. The number of anilines is 1. The smallest absolute Gasteiger partial charge is 0.326 e. The van der Waals surface area contributed by atoms with E-state index in [0.717, 1.165) is 16.6 Å². The molecule has 1 amide bonds. The Morgan fingerprint density at radius 3 is 2.47 bits per heavy atom. The van der Waals surface area contributed by atoms with E-state index in [1.165, 1.54) is 12.1 Å². The molecule has 1 aromatic heterocycles. The van der Waals surface area contributed by atoms with E-state index in [1.54, 1.807) is 18.3 Å². The summed E-state index contributed by atoms with van der Waals surface area (Å²) in [5.41, 5.74) is 1.66. The Morgan fingerprint density at radius 2 is 1.82 bits per heavy atom. The Morgan fingerprint density at radius 1 is 1.09 bits per heavy atom. The van der Waals surface area contributed by atoms with Crippen molar-refractivity contribution < 1.29 is 24.6 Å². The number of hydrogen-bond donors (Lipinski definition) is 4. The number of pyridine rings is 1. The van der Waals surface area contributed by atoms with Crippen molar-refractivity contribution in [2.24, 2.45) is 0 Å². The number of aromatic nitrogens is 1. The molecule has 1 atom stereocenters. The van der Waals surface area contributed by atoms with Crippen molar-refractivity contribution in [1.82, 2.24) is 10.3 Å². The van der Waals surface area contributed by atoms with Crippen LogP contribution in [-0.2, 0) is 16.1 Å². The Hall–Kier alpha value is -4.58. The van der Waals surface area contributed by atoms with E-state index in [4.69, 9.17) is 11.5 Å². The van der Waals surface area contributed by atoms with Gasteiger partial charge in [-0.2, -0.15) is 0 Å². The van der Waals surface area contributed by atoms with Crippen molar-refractivity contribution in [2.45, 2.75) is 25.4 Å². The van der Waals surface area contributed by atoms with Crippen molar-refractivity contribution in [3.8, 4) is 12.3 Å². The minimum absolute atomic E-state index is 0.179. The number of benzene rings is 2. The highest BCUT2D eigenvalue weighted by Crippen LogP contribution is 2.20. The topological polar surface area (TPSA) is 140 Å². The lowest BCUT2D eigenvalue weighted by atomic mass is 10.1. The van der Waals surface area contributed by atoms with Crippen LogP contribution in [0.2, 0.25) is 0 Å². The first-order valence-corrected chi connectivity index (χ1v) is 10.4. The average molecular weight is 461 g/mol. The van der Waals surface area contributed by atoms with Crippen LogP contribution >= 0.6 is 0 Å². The van der Waals surface area contributed by atoms with Gasteiger partial charge in [0.25, 0.3) is 11.5 Å². The summed E-state index contributed by atoms with van der Waals surface area (Å²) in [4.78, 5) is 51.1. The number of carbonyl (C=O) groups is 3. The molecule has 34 heavy (non-hydrogen) atoms. The third-order valence-electron chi connectivity index (χ3n) is 5.24. The van der Waals surface area contributed by atoms with Crippen molar-refractivity contribution >= 4 is 34.3 Å². The highest BCUT2D eigenvalue weighted by atomic mass is 16.4. The predicted molar refractivity (Wildman–Crippen MR) is 127 cm³/mol. The maximum Gasteiger partial charge on any atom is 0.326 e. The Labute approximate surface area is 195 Å². The molecule has 0 saturated heterocycles. The van der Waals surface area contributed by atoms with Gasteiger partial charge in [0, 0.05) is 35.8 Å². The molecule has 4 N–H and O–H groups in total. The fraction of sp³-hybridized carbons (Fsp3) is 0.200. The first-order chi connectivity index (χ1) is 16.3. The predicted octanol–water partition coefficient (Wildman–Crippen LogP) is 2.22. The third kappa shape index (κ3) is 6.01. The first kappa shape index (κ1) is 24.1. The summed E-state index contributed by atoms with van der Waals surface area (Å²) < 4.78 is 0. The number of carboxylic acid groups (broad SMARTS) is 2. The molecule has 0 aliphatic rings. The molecule has 3 rings (SSSR count). The van der Waals surface area contributed by atoms with Gasteiger partial charge >= 0.3 is 11.9 Å². The van der Waals surface area contributed by atoms with Gasteiger partial charge in [0.15, 0.2) is 0 Å². The summed E-state index contributed by atoms with van der Waals surface area (Å²) in [5.74, 6) is -0.473. The van der Waals surface area contributed by atoms with E-state index >= 15 is 0 Å². The molecule has 3 aromatic rings. The van der Waals surface area contributed by atoms with Crippen LogP contribution in [0.4, 0.5) is 5.69 Å². The first-order valence-electron chi connectivity index (χ1n) is 10.4. The molecule has 0 spiro atoms. The molecule has 1 heterocycles. The standard InChI is InChI=1S/C25H23N3O6/c1-2-13-28(15-16-3-4-17-11-12-26-24(32)20(17)14-16)19-7-5-18(6-8-19)23(31)27-21(25(33)34)9-10-22(29)30/h1,3-8,11-12,14,21H,9-10,13,15H2,(H,26,32)(H,27,31)(H,29,30)(H,33,34)/t21-/m0/s1. The largest absolute Gasteiger partial charge is 0.481 e. The number of rotatable bonds is 10. The Kier molecular flexibility index (Phi) is 7.67. The number of aliphatic carboxylic acids is 2. The second-order valence-corrected chi connectivity index (χ2v) is 7.63. The number of amides is 1. The number of fused-ring (bicyclic) bond motifs is 1. The van der Waals surface area contributed by atoms with Crippen LogP contribution in [0, 0.1) is 12.3 Å². The van der Waals surface area contributed by atoms with Crippen LogP contribution in [0.3, 0.4) is 0 Å². The van der Waals surface area contributed by atoms with Crippen LogP contribution in [0.15, 0.2) is 59.5 Å². The Balaban J connectivity index is 1.75. The summed E-state index contributed by atoms with van der Waals surface area (Å²) in [5, 5.41) is 21.7. The summed E-state index contributed by atoms with van der Waals surface area (Å²) in [6, 6.07) is 12.5. The Bertz CT molecular complexity index is 1310. The SMILES string of the molecule is C#CCN(Cc1ccc2cc[nH]c(=O)c2c1)c1ccc(C(=O)N[C@@H](CCC(=O)O)C(=O)O)cc1. The van der Waals surface area contributed by atoms with Gasteiger partial charge in [0.1, 0.15) is 6.04 Å². The van der Waals surface area contributed by atoms with Crippen LogP contribution in [0.1, 0.15) is 28.8 Å². The van der Waals surface area contributed by atoms with E-state index in [2.05, 4.69) is 16.2 Å². The zero-order valence-corrected chi connectivity index (χ0v) is 18.2. The summed E-state index contributed by atoms with van der Waals surface area (Å²) in [7, 11) is 0. The molecule has 0 fully saturated rings. The minimum Gasteiger partial charge on any atom is -0.481 e. The van der Waals surface area contributed by atoms with Gasteiger partial charge < -0.3 is 25.4 Å². The highest BCUT2D eigenvalue weighted by Gasteiger charge is 2.21. The van der Waals surface area contributed by atoms with Gasteiger partial charge in [0.2, 0.25) is 0 Å². The number of terminal acetylenes is 1. The number of carboxylic acids is 2. The average Bonchev–Trinajstić information content (AvgIpc) is 2.81. The van der Waals surface area contributed by atoms with Gasteiger partial charge in [-0.1, -0.05) is 18.1 Å². The molecule has 0 saturated carbocycles. The number of nitrogens with zero attached hydrogens (tertiary/aromatic N) is 1. The fourth-order valence-electron chi connectivity index (χ4n) is 3.49. The van der Waals surface area contributed by atoms with Gasteiger partial charge in [-0.05, 0) is 53.8 Å². The molecule has 174 valence electrons. The molecule has 0 bridgehead atoms. The molecule has 0 aliphatic heterocycles. The van der Waals surface area contributed by atoms with E-state index in [0.29, 0.717) is 11.9 Å². The van der Waals surface area contributed by atoms with E-state index in [9.17, 15) is 24.3 Å². The second-order valence-electron chi connectivity index (χ2n) is 7.63. The van der Waals surface area contributed by atoms with Crippen LogP contribution < -0.4 is 15.8 Å². The zero-order valence-electron chi connectivity index (χ0n) is 18.2. The molecule has 9 nitrogen and oxygen atoms in total. The van der Waals surface area contributed by atoms with Gasteiger partial charge in [-0.15, -0.1) is 6.42 Å². The molecule has 2 aromatic carbocycles. The lowest BCUT2D eigenvalue weighted by Crippen LogP contribution is -2.41. The summed E-state index contributed by atoms with van der Waals surface area (Å²) >= 11 is 0. The number of hydrogen-bond acceptors (Lipinski definition) is 5. The van der Waals surface area contributed by atoms with Crippen molar-refractivity contribution in [2.75, 3.05) is 11.4 Å². The van der Waals surface area contributed by atoms with E-state index in [1.807, 2.05) is 29.2 Å². The quantitative estimate of drug-likeness (QED) is 0.339. The number of nitrogens with one attached hydrogen (secondary N) is 2. The van der Waals surface area contributed by atoms with Crippen LogP contribution in [0.25, 0.3) is 10.8 Å². The maximum atomic E-state index is 12.5. The van der Waals surface area contributed by atoms with Crippen molar-refractivity contribution in [1.29, 1.82) is 0 Å². The van der Waals surface area contributed by atoms with Gasteiger partial charge in [-0.25, -0.2) is 4.79 Å². The molecular formula is C25H23N3O6. The molecule has 0 unspecified atom stereocenters. The molecular weight excluding hydrogens is 438 g/mol. The monoisotopic (exact) mass is 461 g/mol. The lowest BCUT2D eigenvalue weighted by molar-refractivity contribution is -0.140. The van der Waals surface area contributed by atoms with Crippen molar-refractivity contribution in [3.05, 3.63) is 76.2 Å². The van der Waals surface area contributed by atoms with Crippen LogP contribution in [-0.4, -0.2) is 45.6 Å². The van der Waals surface area contributed by atoms with Crippen molar-refractivity contribution in [3.63, 3.8) is 0 Å².